The van der Waals surface area contributed by atoms with Gasteiger partial charge in [-0.25, -0.2) is 4.39 Å². The quantitative estimate of drug-likeness (QED) is 0.764. The van der Waals surface area contributed by atoms with Crippen LogP contribution in [0.3, 0.4) is 0 Å². The van der Waals surface area contributed by atoms with Gasteiger partial charge in [-0.15, -0.1) is 10.2 Å². The van der Waals surface area contributed by atoms with Crippen molar-refractivity contribution in [1.29, 1.82) is 0 Å². The lowest BCUT2D eigenvalue weighted by Crippen LogP contribution is -1.92. The Hall–Kier alpha value is -2.69. The van der Waals surface area contributed by atoms with E-state index in [2.05, 4.69) is 10.2 Å². The smallest absolute Gasteiger partial charge is 0.161 e. The molecule has 0 fully saturated rings. The first-order chi connectivity index (χ1) is 9.22. The second kappa shape index (κ2) is 4.53. The Morgan fingerprint density at radius 2 is 1.79 bits per heavy atom. The third-order valence-electron chi connectivity index (χ3n) is 2.75. The molecule has 3 aromatic rings. The van der Waals surface area contributed by atoms with Crippen LogP contribution in [0.15, 0.2) is 42.6 Å². The fourth-order valence-corrected chi connectivity index (χ4v) is 1.78. The molecule has 0 aliphatic heterocycles. The summed E-state index contributed by atoms with van der Waals surface area (Å²) in [5, 5.41) is 8.10. The van der Waals surface area contributed by atoms with Crippen molar-refractivity contribution in [1.82, 2.24) is 14.6 Å². The van der Waals surface area contributed by atoms with Crippen LogP contribution in [-0.4, -0.2) is 14.6 Å². The van der Waals surface area contributed by atoms with E-state index in [9.17, 15) is 4.39 Å². The molecule has 1 aromatic carbocycles. The molecule has 0 saturated heterocycles. The summed E-state index contributed by atoms with van der Waals surface area (Å²) in [5.74, 6) is 0.421. The maximum absolute atomic E-state index is 12.8. The van der Waals surface area contributed by atoms with Crippen molar-refractivity contribution in [2.24, 2.45) is 0 Å². The standard InChI is InChI=1S/C14H11FN4/c15-11-4-1-10(2-5-11)3-7-13-17-18-14-8-6-12(16)9-19(13)14/h1-9H,16H2/b7-3+. The molecular weight excluding hydrogens is 243 g/mol. The zero-order valence-corrected chi connectivity index (χ0v) is 9.99. The van der Waals surface area contributed by atoms with Gasteiger partial charge in [-0.05, 0) is 35.9 Å². The number of nitrogens with zero attached hydrogens (tertiary/aromatic N) is 3. The van der Waals surface area contributed by atoms with Crippen LogP contribution >= 0.6 is 0 Å². The van der Waals surface area contributed by atoms with E-state index in [1.54, 1.807) is 34.9 Å². The number of hydrogen-bond acceptors (Lipinski definition) is 3. The Morgan fingerprint density at radius 1 is 1.00 bits per heavy atom. The van der Waals surface area contributed by atoms with Crippen molar-refractivity contribution < 1.29 is 4.39 Å². The number of nitrogens with two attached hydrogens (primary N) is 1. The highest BCUT2D eigenvalue weighted by molar-refractivity contribution is 5.68. The van der Waals surface area contributed by atoms with E-state index in [0.29, 0.717) is 11.5 Å². The Bertz CT molecular complexity index is 744. The number of halogens is 1. The molecule has 0 spiro atoms. The first-order valence-corrected chi connectivity index (χ1v) is 5.76. The summed E-state index contributed by atoms with van der Waals surface area (Å²) < 4.78 is 14.6. The number of hydrogen-bond donors (Lipinski definition) is 1. The van der Waals surface area contributed by atoms with Crippen molar-refractivity contribution >= 4 is 23.5 Å². The Morgan fingerprint density at radius 3 is 2.58 bits per heavy atom. The zero-order chi connectivity index (χ0) is 13.2. The lowest BCUT2D eigenvalue weighted by molar-refractivity contribution is 0.628. The third-order valence-corrected chi connectivity index (χ3v) is 2.75. The molecule has 94 valence electrons. The van der Waals surface area contributed by atoms with Gasteiger partial charge in [0.2, 0.25) is 0 Å². The van der Waals surface area contributed by atoms with E-state index < -0.39 is 0 Å². The molecule has 2 aromatic heterocycles. The van der Waals surface area contributed by atoms with Gasteiger partial charge in [0.05, 0.1) is 0 Å². The first-order valence-electron chi connectivity index (χ1n) is 5.76. The van der Waals surface area contributed by atoms with Crippen LogP contribution in [0, 0.1) is 5.82 Å². The summed E-state index contributed by atoms with van der Waals surface area (Å²) >= 11 is 0. The van der Waals surface area contributed by atoms with Gasteiger partial charge >= 0.3 is 0 Å². The fraction of sp³-hybridized carbons (Fsp3) is 0. The molecular formula is C14H11FN4. The van der Waals surface area contributed by atoms with E-state index >= 15 is 0 Å². The average molecular weight is 254 g/mol. The maximum atomic E-state index is 12.8. The number of nitrogen functional groups attached to an aromatic ring is 1. The molecule has 0 aliphatic rings. The molecule has 19 heavy (non-hydrogen) atoms. The summed E-state index contributed by atoms with van der Waals surface area (Å²) in [6.45, 7) is 0. The third kappa shape index (κ3) is 2.30. The van der Waals surface area contributed by atoms with E-state index in [-0.39, 0.29) is 5.82 Å². The molecule has 0 atom stereocenters. The molecule has 2 N–H and O–H groups in total. The van der Waals surface area contributed by atoms with Gasteiger partial charge in [0.25, 0.3) is 0 Å². The van der Waals surface area contributed by atoms with E-state index in [4.69, 9.17) is 5.73 Å². The monoisotopic (exact) mass is 254 g/mol. The van der Waals surface area contributed by atoms with E-state index in [1.165, 1.54) is 12.1 Å². The molecule has 2 heterocycles. The summed E-state index contributed by atoms with van der Waals surface area (Å²) in [4.78, 5) is 0. The Labute approximate surface area is 109 Å². The zero-order valence-electron chi connectivity index (χ0n) is 9.99. The van der Waals surface area contributed by atoms with Crippen molar-refractivity contribution in [3.8, 4) is 0 Å². The molecule has 4 nitrogen and oxygen atoms in total. The minimum atomic E-state index is -0.252. The van der Waals surface area contributed by atoms with Crippen LogP contribution in [0.2, 0.25) is 0 Å². The van der Waals surface area contributed by atoms with Crippen molar-refractivity contribution in [2.75, 3.05) is 5.73 Å². The van der Waals surface area contributed by atoms with Crippen LogP contribution in [0.1, 0.15) is 11.4 Å². The molecule has 0 saturated carbocycles. The largest absolute Gasteiger partial charge is 0.398 e. The van der Waals surface area contributed by atoms with Gasteiger partial charge < -0.3 is 5.73 Å². The number of fused-ring (bicyclic) bond motifs is 1. The molecule has 3 rings (SSSR count). The van der Waals surface area contributed by atoms with Crippen LogP contribution in [0.25, 0.3) is 17.8 Å². The minimum absolute atomic E-state index is 0.252. The lowest BCUT2D eigenvalue weighted by Gasteiger charge is -1.97. The first kappa shape index (κ1) is 11.4. The van der Waals surface area contributed by atoms with E-state index in [1.807, 2.05) is 12.2 Å². The average Bonchev–Trinajstić information content (AvgIpc) is 2.80. The highest BCUT2D eigenvalue weighted by Crippen LogP contribution is 2.11. The van der Waals surface area contributed by atoms with Crippen molar-refractivity contribution in [3.05, 3.63) is 59.8 Å². The predicted molar refractivity (Wildman–Crippen MR) is 72.7 cm³/mol. The second-order valence-corrected chi connectivity index (χ2v) is 4.13. The number of rotatable bonds is 2. The second-order valence-electron chi connectivity index (χ2n) is 4.13. The highest BCUT2D eigenvalue weighted by atomic mass is 19.1. The molecule has 0 amide bonds. The molecule has 0 bridgehead atoms. The Balaban J connectivity index is 1.96. The van der Waals surface area contributed by atoms with Crippen LogP contribution < -0.4 is 5.73 Å². The number of anilines is 1. The SMILES string of the molecule is Nc1ccc2nnc(/C=C/c3ccc(F)cc3)n2c1. The molecule has 5 heteroatoms. The number of aromatic nitrogens is 3. The van der Waals surface area contributed by atoms with Crippen molar-refractivity contribution in [3.63, 3.8) is 0 Å². The maximum Gasteiger partial charge on any atom is 0.161 e. The molecule has 0 radical (unpaired) electrons. The summed E-state index contributed by atoms with van der Waals surface area (Å²) in [6, 6.07) is 9.81. The molecule has 0 aliphatic carbocycles. The summed E-state index contributed by atoms with van der Waals surface area (Å²) in [5.41, 5.74) is 8.00. The topological polar surface area (TPSA) is 56.2 Å². The van der Waals surface area contributed by atoms with Crippen LogP contribution in [0.5, 0.6) is 0 Å². The lowest BCUT2D eigenvalue weighted by atomic mass is 10.2. The van der Waals surface area contributed by atoms with Gasteiger partial charge in [-0.3, -0.25) is 4.40 Å². The van der Waals surface area contributed by atoms with Crippen LogP contribution in [0.4, 0.5) is 10.1 Å². The van der Waals surface area contributed by atoms with Gasteiger partial charge in [0.1, 0.15) is 5.82 Å². The summed E-state index contributed by atoms with van der Waals surface area (Å²) in [7, 11) is 0. The number of pyridine rings is 1. The van der Waals surface area contributed by atoms with Crippen molar-refractivity contribution in [2.45, 2.75) is 0 Å². The minimum Gasteiger partial charge on any atom is -0.398 e. The fourth-order valence-electron chi connectivity index (χ4n) is 1.78. The number of benzene rings is 1. The summed E-state index contributed by atoms with van der Waals surface area (Å²) in [6.07, 6.45) is 5.42. The normalized spacial score (nSPS) is 11.4. The predicted octanol–water partition coefficient (Wildman–Crippen LogP) is 2.62. The van der Waals surface area contributed by atoms with Gasteiger partial charge in [-0.2, -0.15) is 0 Å². The Kier molecular flexibility index (Phi) is 2.72. The van der Waals surface area contributed by atoms with E-state index in [0.717, 1.165) is 11.2 Å². The highest BCUT2D eigenvalue weighted by Gasteiger charge is 2.01. The molecule has 0 unspecified atom stereocenters. The van der Waals surface area contributed by atoms with Gasteiger partial charge in [0.15, 0.2) is 11.5 Å². The van der Waals surface area contributed by atoms with Gasteiger partial charge in [-0.1, -0.05) is 18.2 Å². The van der Waals surface area contributed by atoms with Gasteiger partial charge in [0, 0.05) is 11.9 Å². The van der Waals surface area contributed by atoms with Crippen LogP contribution in [-0.2, 0) is 0 Å².